The van der Waals surface area contributed by atoms with Gasteiger partial charge in [0.15, 0.2) is 0 Å². The lowest BCUT2D eigenvalue weighted by molar-refractivity contribution is 0.0692. The predicted molar refractivity (Wildman–Crippen MR) is 63.5 cm³/mol. The zero-order valence-corrected chi connectivity index (χ0v) is 9.58. The number of halogens is 2. The van der Waals surface area contributed by atoms with Crippen molar-refractivity contribution in [3.8, 4) is 11.1 Å². The van der Waals surface area contributed by atoms with Crippen LogP contribution in [0.1, 0.15) is 15.9 Å². The number of hydrogen-bond acceptors (Lipinski definition) is 1. The van der Waals surface area contributed by atoms with Crippen LogP contribution in [0.3, 0.4) is 0 Å². The number of carboxylic acid groups (broad SMARTS) is 1. The quantitative estimate of drug-likeness (QED) is 0.880. The normalized spacial score (nSPS) is 10.4. The van der Waals surface area contributed by atoms with E-state index in [9.17, 15) is 13.6 Å². The van der Waals surface area contributed by atoms with Gasteiger partial charge >= 0.3 is 5.97 Å². The van der Waals surface area contributed by atoms with Gasteiger partial charge in [-0.1, -0.05) is 12.1 Å². The van der Waals surface area contributed by atoms with Gasteiger partial charge in [0.05, 0.1) is 5.56 Å². The second-order valence-corrected chi connectivity index (χ2v) is 3.96. The molecule has 1 N–H and O–H groups in total. The summed E-state index contributed by atoms with van der Waals surface area (Å²) in [7, 11) is 0. The molecule has 0 heterocycles. The molecule has 4 heteroatoms. The maximum Gasteiger partial charge on any atom is 0.338 e. The molecule has 0 atom stereocenters. The molecule has 0 amide bonds. The zero-order chi connectivity index (χ0) is 13.3. The van der Waals surface area contributed by atoms with Gasteiger partial charge in [-0.3, -0.25) is 0 Å². The molecule has 0 aliphatic heterocycles. The molecule has 0 radical (unpaired) electrons. The summed E-state index contributed by atoms with van der Waals surface area (Å²) < 4.78 is 26.6. The van der Waals surface area contributed by atoms with Crippen LogP contribution in [-0.2, 0) is 0 Å². The van der Waals surface area contributed by atoms with E-state index in [0.29, 0.717) is 16.7 Å². The van der Waals surface area contributed by atoms with Crippen LogP contribution in [0, 0.1) is 18.6 Å². The van der Waals surface area contributed by atoms with E-state index >= 15 is 0 Å². The lowest BCUT2D eigenvalue weighted by atomic mass is 9.97. The molecule has 0 saturated heterocycles. The summed E-state index contributed by atoms with van der Waals surface area (Å²) in [5.41, 5.74) is 1.17. The Morgan fingerprint density at radius 3 is 2.50 bits per heavy atom. The zero-order valence-electron chi connectivity index (χ0n) is 9.58. The number of aryl methyl sites for hydroxylation is 1. The van der Waals surface area contributed by atoms with Crippen molar-refractivity contribution < 1.29 is 18.7 Å². The number of carboxylic acids is 1. The molecule has 0 saturated carbocycles. The SMILES string of the molecule is Cc1cc(F)c(C(=O)O)cc1-c1cccc(F)c1. The average molecular weight is 248 g/mol. The topological polar surface area (TPSA) is 37.3 Å². The highest BCUT2D eigenvalue weighted by Crippen LogP contribution is 2.26. The molecule has 0 spiro atoms. The lowest BCUT2D eigenvalue weighted by Gasteiger charge is -2.08. The van der Waals surface area contributed by atoms with Gasteiger partial charge in [-0.25, -0.2) is 13.6 Å². The summed E-state index contributed by atoms with van der Waals surface area (Å²) in [4.78, 5) is 10.9. The molecule has 2 aromatic rings. The van der Waals surface area contributed by atoms with Crippen molar-refractivity contribution in [1.29, 1.82) is 0 Å². The summed E-state index contributed by atoms with van der Waals surface area (Å²) in [5, 5.41) is 8.87. The first-order valence-corrected chi connectivity index (χ1v) is 5.28. The number of rotatable bonds is 2. The van der Waals surface area contributed by atoms with E-state index in [0.717, 1.165) is 6.07 Å². The molecule has 0 aromatic heterocycles. The molecule has 2 rings (SSSR count). The van der Waals surface area contributed by atoms with Crippen LogP contribution in [0.4, 0.5) is 8.78 Å². The van der Waals surface area contributed by atoms with Crippen molar-refractivity contribution in [1.82, 2.24) is 0 Å². The summed E-state index contributed by atoms with van der Waals surface area (Å²) in [6.45, 7) is 1.65. The number of benzene rings is 2. The fourth-order valence-corrected chi connectivity index (χ4v) is 1.80. The van der Waals surface area contributed by atoms with Crippen LogP contribution in [0.25, 0.3) is 11.1 Å². The van der Waals surface area contributed by atoms with Gasteiger partial charge in [0.2, 0.25) is 0 Å². The molecule has 0 unspecified atom stereocenters. The Labute approximate surface area is 103 Å². The Kier molecular flexibility index (Phi) is 3.10. The maximum absolute atomic E-state index is 13.4. The van der Waals surface area contributed by atoms with Gasteiger partial charge in [0, 0.05) is 0 Å². The molecule has 0 bridgehead atoms. The minimum absolute atomic E-state index is 0.417. The van der Waals surface area contributed by atoms with Crippen LogP contribution >= 0.6 is 0 Å². The van der Waals surface area contributed by atoms with Gasteiger partial charge in [-0.2, -0.15) is 0 Å². The Hall–Kier alpha value is -2.23. The fourth-order valence-electron chi connectivity index (χ4n) is 1.80. The highest BCUT2D eigenvalue weighted by atomic mass is 19.1. The fraction of sp³-hybridized carbons (Fsp3) is 0.0714. The minimum Gasteiger partial charge on any atom is -0.478 e. The van der Waals surface area contributed by atoms with Gasteiger partial charge in [0.1, 0.15) is 11.6 Å². The van der Waals surface area contributed by atoms with Crippen molar-refractivity contribution >= 4 is 5.97 Å². The highest BCUT2D eigenvalue weighted by Gasteiger charge is 2.14. The largest absolute Gasteiger partial charge is 0.478 e. The number of hydrogen-bond donors (Lipinski definition) is 1. The third-order valence-electron chi connectivity index (χ3n) is 2.68. The van der Waals surface area contributed by atoms with Crippen LogP contribution in [-0.4, -0.2) is 11.1 Å². The first kappa shape index (κ1) is 12.2. The Bertz CT molecular complexity index is 621. The van der Waals surface area contributed by atoms with Crippen LogP contribution in [0.15, 0.2) is 36.4 Å². The van der Waals surface area contributed by atoms with Crippen molar-refractivity contribution in [2.45, 2.75) is 6.92 Å². The summed E-state index contributed by atoms with van der Waals surface area (Å²) in [6, 6.07) is 8.11. The van der Waals surface area contributed by atoms with E-state index in [4.69, 9.17) is 5.11 Å². The lowest BCUT2D eigenvalue weighted by Crippen LogP contribution is -2.02. The Morgan fingerprint density at radius 1 is 1.17 bits per heavy atom. The van der Waals surface area contributed by atoms with Gasteiger partial charge in [0.25, 0.3) is 0 Å². The smallest absolute Gasteiger partial charge is 0.338 e. The molecule has 92 valence electrons. The van der Waals surface area contributed by atoms with Crippen molar-refractivity contribution in [3.63, 3.8) is 0 Å². The molecule has 2 aromatic carbocycles. The number of carbonyl (C=O) groups is 1. The van der Waals surface area contributed by atoms with Gasteiger partial charge < -0.3 is 5.11 Å². The Balaban J connectivity index is 2.64. The van der Waals surface area contributed by atoms with Gasteiger partial charge in [-0.15, -0.1) is 0 Å². The monoisotopic (exact) mass is 248 g/mol. The van der Waals surface area contributed by atoms with Crippen LogP contribution < -0.4 is 0 Å². The first-order chi connectivity index (χ1) is 8.49. The highest BCUT2D eigenvalue weighted by molar-refractivity contribution is 5.90. The summed E-state index contributed by atoms with van der Waals surface area (Å²) in [5.74, 6) is -2.56. The summed E-state index contributed by atoms with van der Waals surface area (Å²) in [6.07, 6.45) is 0. The van der Waals surface area contributed by atoms with Crippen LogP contribution in [0.2, 0.25) is 0 Å². The second-order valence-electron chi connectivity index (χ2n) is 3.96. The molecular weight excluding hydrogens is 238 g/mol. The van der Waals surface area contributed by atoms with Crippen molar-refractivity contribution in [2.24, 2.45) is 0 Å². The molecule has 2 nitrogen and oxygen atoms in total. The van der Waals surface area contributed by atoms with E-state index in [-0.39, 0.29) is 0 Å². The van der Waals surface area contributed by atoms with Crippen molar-refractivity contribution in [2.75, 3.05) is 0 Å². The predicted octanol–water partition coefficient (Wildman–Crippen LogP) is 3.64. The van der Waals surface area contributed by atoms with E-state index in [2.05, 4.69) is 0 Å². The molecule has 0 aliphatic carbocycles. The maximum atomic E-state index is 13.4. The van der Waals surface area contributed by atoms with Gasteiger partial charge in [-0.05, 0) is 47.9 Å². The third-order valence-corrected chi connectivity index (χ3v) is 2.68. The molecule has 18 heavy (non-hydrogen) atoms. The van der Waals surface area contributed by atoms with Crippen LogP contribution in [0.5, 0.6) is 0 Å². The standard InChI is InChI=1S/C14H10F2O2/c1-8-5-13(16)12(14(17)18)7-11(8)9-3-2-4-10(15)6-9/h2-7H,1H3,(H,17,18). The minimum atomic E-state index is -1.34. The molecular formula is C14H10F2O2. The molecule has 0 fully saturated rings. The van der Waals surface area contributed by atoms with E-state index in [1.807, 2.05) is 0 Å². The average Bonchev–Trinajstić information content (AvgIpc) is 2.28. The number of aromatic carboxylic acids is 1. The van der Waals surface area contributed by atoms with E-state index < -0.39 is 23.2 Å². The Morgan fingerprint density at radius 2 is 1.89 bits per heavy atom. The van der Waals surface area contributed by atoms with Crippen molar-refractivity contribution in [3.05, 3.63) is 59.2 Å². The summed E-state index contributed by atoms with van der Waals surface area (Å²) >= 11 is 0. The van der Waals surface area contributed by atoms with E-state index in [1.165, 1.54) is 24.3 Å². The van der Waals surface area contributed by atoms with E-state index in [1.54, 1.807) is 13.0 Å². The third kappa shape index (κ3) is 2.22. The second kappa shape index (κ2) is 4.56. The molecule has 0 aliphatic rings. The first-order valence-electron chi connectivity index (χ1n) is 5.28.